The van der Waals surface area contributed by atoms with Crippen molar-refractivity contribution in [3.63, 3.8) is 0 Å². The molecular weight excluding hydrogens is 371 g/mol. The van der Waals surface area contributed by atoms with Crippen molar-refractivity contribution in [2.24, 2.45) is 4.99 Å². The number of hydrogen-bond donors (Lipinski definition) is 2. The van der Waals surface area contributed by atoms with E-state index >= 15 is 0 Å². The molecule has 1 aliphatic heterocycles. The summed E-state index contributed by atoms with van der Waals surface area (Å²) in [5, 5.41) is 6.34. The average molecular weight is 401 g/mol. The van der Waals surface area contributed by atoms with Crippen molar-refractivity contribution in [3.05, 3.63) is 0 Å². The Hall–Kier alpha value is -1.07. The third-order valence-electron chi connectivity index (χ3n) is 4.48. The van der Waals surface area contributed by atoms with Crippen LogP contribution in [0.3, 0.4) is 0 Å². The molecule has 1 saturated heterocycles. The number of piperidine rings is 1. The molecule has 0 aliphatic carbocycles. The summed E-state index contributed by atoms with van der Waals surface area (Å²) >= 11 is 0. The molecule has 0 spiro atoms. The fourth-order valence-corrected chi connectivity index (χ4v) is 3.86. The highest BCUT2D eigenvalue weighted by Gasteiger charge is 2.50. The summed E-state index contributed by atoms with van der Waals surface area (Å²) in [6.07, 6.45) is 0.589. The van der Waals surface area contributed by atoms with E-state index in [2.05, 4.69) is 41.3 Å². The molecule has 0 atom stereocenters. The SMILES string of the molecule is CCN(CCNC(=NC)NC1CCN(S(=O)(=O)C(F)(F)F)CC1)C(C)C. The van der Waals surface area contributed by atoms with Crippen LogP contribution in [0.4, 0.5) is 13.2 Å². The smallest absolute Gasteiger partial charge is 0.355 e. The minimum absolute atomic E-state index is 0.117. The first-order chi connectivity index (χ1) is 12.0. The molecule has 7 nitrogen and oxygen atoms in total. The quantitative estimate of drug-likeness (QED) is 0.495. The number of halogens is 3. The lowest BCUT2D eigenvalue weighted by Crippen LogP contribution is -2.52. The molecule has 0 saturated carbocycles. The van der Waals surface area contributed by atoms with Crippen molar-refractivity contribution in [2.75, 3.05) is 39.8 Å². The lowest BCUT2D eigenvalue weighted by Gasteiger charge is -2.32. The molecule has 0 aromatic rings. The Morgan fingerprint density at radius 2 is 1.88 bits per heavy atom. The van der Waals surface area contributed by atoms with Gasteiger partial charge in [-0.05, 0) is 33.2 Å². The third-order valence-corrected chi connectivity index (χ3v) is 6.11. The van der Waals surface area contributed by atoms with Crippen LogP contribution in [0.15, 0.2) is 4.99 Å². The third kappa shape index (κ3) is 6.27. The van der Waals surface area contributed by atoms with Gasteiger partial charge in [-0.15, -0.1) is 0 Å². The lowest BCUT2D eigenvalue weighted by molar-refractivity contribution is -0.0494. The summed E-state index contributed by atoms with van der Waals surface area (Å²) in [5.41, 5.74) is -5.24. The first kappa shape index (κ1) is 23.0. The molecule has 0 radical (unpaired) electrons. The molecule has 2 N–H and O–H groups in total. The highest BCUT2D eigenvalue weighted by Crippen LogP contribution is 2.28. The first-order valence-electron chi connectivity index (χ1n) is 8.80. The number of hydrogen-bond acceptors (Lipinski definition) is 4. The minimum Gasteiger partial charge on any atom is -0.355 e. The highest BCUT2D eigenvalue weighted by molar-refractivity contribution is 7.90. The molecule has 0 amide bonds. The Labute approximate surface area is 154 Å². The summed E-state index contributed by atoms with van der Waals surface area (Å²) in [7, 11) is -3.61. The zero-order chi connectivity index (χ0) is 20.0. The van der Waals surface area contributed by atoms with Gasteiger partial charge in [-0.25, -0.2) is 8.42 Å². The monoisotopic (exact) mass is 401 g/mol. The van der Waals surface area contributed by atoms with Gasteiger partial charge in [0.05, 0.1) is 0 Å². The molecule has 0 bridgehead atoms. The summed E-state index contributed by atoms with van der Waals surface area (Å²) in [6, 6.07) is 0.324. The molecule has 0 aromatic carbocycles. The summed E-state index contributed by atoms with van der Waals surface area (Å²) in [6.45, 7) is 8.50. The lowest BCUT2D eigenvalue weighted by atomic mass is 10.1. The number of rotatable bonds is 7. The van der Waals surface area contributed by atoms with E-state index in [1.54, 1.807) is 7.05 Å². The second-order valence-electron chi connectivity index (χ2n) is 6.49. The average Bonchev–Trinajstić information content (AvgIpc) is 2.56. The summed E-state index contributed by atoms with van der Waals surface area (Å²) in [4.78, 5) is 6.41. The Morgan fingerprint density at radius 3 is 2.31 bits per heavy atom. The second kappa shape index (κ2) is 9.75. The van der Waals surface area contributed by atoms with Crippen molar-refractivity contribution >= 4 is 16.0 Å². The standard InChI is InChI=1S/C15H30F3N5O2S/c1-5-22(12(2)3)11-8-20-14(19-4)21-13-6-9-23(10-7-13)26(24,25)15(16,17)18/h12-13H,5-11H2,1-4H3,(H2,19,20,21). The Balaban J connectivity index is 2.46. The Bertz CT molecular complexity index is 558. The molecule has 26 heavy (non-hydrogen) atoms. The van der Waals surface area contributed by atoms with E-state index in [-0.39, 0.29) is 19.1 Å². The van der Waals surface area contributed by atoms with Gasteiger partial charge in [0.15, 0.2) is 5.96 Å². The van der Waals surface area contributed by atoms with Gasteiger partial charge in [-0.3, -0.25) is 9.89 Å². The Kier molecular flexibility index (Phi) is 8.61. The first-order valence-corrected chi connectivity index (χ1v) is 10.2. The van der Waals surface area contributed by atoms with E-state index in [9.17, 15) is 21.6 Å². The molecule has 11 heteroatoms. The fourth-order valence-electron chi connectivity index (χ4n) is 2.87. The van der Waals surface area contributed by atoms with E-state index in [0.717, 1.165) is 13.1 Å². The summed E-state index contributed by atoms with van der Waals surface area (Å²) in [5.74, 6) is 0.571. The van der Waals surface area contributed by atoms with Crippen LogP contribution in [-0.2, 0) is 10.0 Å². The van der Waals surface area contributed by atoms with Gasteiger partial charge in [0.2, 0.25) is 0 Å². The normalized spacial score (nSPS) is 18.6. The minimum atomic E-state index is -5.24. The topological polar surface area (TPSA) is 77.0 Å². The van der Waals surface area contributed by atoms with Crippen LogP contribution in [-0.4, -0.2) is 80.9 Å². The number of nitrogens with zero attached hydrogens (tertiary/aromatic N) is 3. The van der Waals surface area contributed by atoms with Gasteiger partial charge in [0.25, 0.3) is 0 Å². The number of likely N-dealkylation sites (N-methyl/N-ethyl adjacent to an activating group) is 1. The van der Waals surface area contributed by atoms with Crippen LogP contribution in [0.2, 0.25) is 0 Å². The van der Waals surface area contributed by atoms with Crippen LogP contribution < -0.4 is 10.6 Å². The molecular formula is C15H30F3N5O2S. The van der Waals surface area contributed by atoms with Crippen LogP contribution >= 0.6 is 0 Å². The van der Waals surface area contributed by atoms with Gasteiger partial charge >= 0.3 is 15.5 Å². The van der Waals surface area contributed by atoms with Crippen molar-refractivity contribution in [2.45, 2.75) is 51.2 Å². The highest BCUT2D eigenvalue weighted by atomic mass is 32.2. The van der Waals surface area contributed by atoms with E-state index in [4.69, 9.17) is 0 Å². The maximum atomic E-state index is 12.6. The Morgan fingerprint density at radius 1 is 1.31 bits per heavy atom. The fraction of sp³-hybridized carbons (Fsp3) is 0.933. The zero-order valence-corrected chi connectivity index (χ0v) is 16.6. The molecule has 1 heterocycles. The van der Waals surface area contributed by atoms with Crippen LogP contribution in [0.25, 0.3) is 0 Å². The molecule has 1 fully saturated rings. The molecule has 154 valence electrons. The van der Waals surface area contributed by atoms with Gasteiger partial charge in [0.1, 0.15) is 0 Å². The van der Waals surface area contributed by atoms with Gasteiger partial charge < -0.3 is 10.6 Å². The molecule has 1 aliphatic rings. The van der Waals surface area contributed by atoms with Crippen LogP contribution in [0.1, 0.15) is 33.6 Å². The number of aliphatic imine (C=N–C) groups is 1. The van der Waals surface area contributed by atoms with Crippen molar-refractivity contribution in [3.8, 4) is 0 Å². The maximum absolute atomic E-state index is 12.6. The van der Waals surface area contributed by atoms with Gasteiger partial charge in [-0.2, -0.15) is 17.5 Å². The van der Waals surface area contributed by atoms with Gasteiger partial charge in [-0.1, -0.05) is 6.92 Å². The van der Waals surface area contributed by atoms with E-state index in [1.165, 1.54) is 0 Å². The van der Waals surface area contributed by atoms with Crippen molar-refractivity contribution < 1.29 is 21.6 Å². The van der Waals surface area contributed by atoms with Crippen LogP contribution in [0, 0.1) is 0 Å². The maximum Gasteiger partial charge on any atom is 0.511 e. The number of sulfonamides is 1. The predicted octanol–water partition coefficient (Wildman–Crippen LogP) is 1.20. The van der Waals surface area contributed by atoms with E-state index in [0.29, 0.717) is 35.7 Å². The van der Waals surface area contributed by atoms with Crippen molar-refractivity contribution in [1.82, 2.24) is 19.8 Å². The molecule has 0 unspecified atom stereocenters. The predicted molar refractivity (Wildman–Crippen MR) is 96.5 cm³/mol. The largest absolute Gasteiger partial charge is 0.511 e. The van der Waals surface area contributed by atoms with Crippen LogP contribution in [0.5, 0.6) is 0 Å². The number of alkyl halides is 3. The molecule has 1 rings (SSSR count). The van der Waals surface area contributed by atoms with E-state index in [1.807, 2.05) is 0 Å². The second-order valence-corrected chi connectivity index (χ2v) is 8.42. The van der Waals surface area contributed by atoms with Gasteiger partial charge in [0, 0.05) is 45.3 Å². The number of guanidine groups is 1. The summed E-state index contributed by atoms with van der Waals surface area (Å²) < 4.78 is 61.1. The zero-order valence-electron chi connectivity index (χ0n) is 15.8. The number of nitrogens with one attached hydrogen (secondary N) is 2. The molecule has 0 aromatic heterocycles. The van der Waals surface area contributed by atoms with Crippen molar-refractivity contribution in [1.29, 1.82) is 0 Å². The van der Waals surface area contributed by atoms with E-state index < -0.39 is 15.5 Å².